The normalized spacial score (nSPS) is 11.3. The molecular formula is C13H27IN6. The Morgan fingerprint density at radius 1 is 1.40 bits per heavy atom. The summed E-state index contributed by atoms with van der Waals surface area (Å²) < 4.78 is 1.85. The fraction of sp³-hybridized carbons (Fsp3) is 0.692. The molecule has 20 heavy (non-hydrogen) atoms. The fourth-order valence-electron chi connectivity index (χ4n) is 1.58. The maximum Gasteiger partial charge on any atom is 0.191 e. The standard InChI is InChI=1S/C13H26N6.HI/c1-5-14-13(15-9-10-18(3)6-2)16-11-12-7-8-17-19(12)4;/h7-8H,5-6,9-11H2,1-4H3,(H2,14,15,16);1H. The van der Waals surface area contributed by atoms with E-state index in [9.17, 15) is 0 Å². The van der Waals surface area contributed by atoms with Crippen molar-refractivity contribution in [2.24, 2.45) is 12.0 Å². The molecule has 0 atom stereocenters. The summed E-state index contributed by atoms with van der Waals surface area (Å²) in [5.74, 6) is 0.855. The molecule has 0 spiro atoms. The van der Waals surface area contributed by atoms with Crippen molar-refractivity contribution in [2.45, 2.75) is 20.4 Å². The van der Waals surface area contributed by atoms with Crippen LogP contribution in [0.25, 0.3) is 0 Å². The van der Waals surface area contributed by atoms with Crippen molar-refractivity contribution < 1.29 is 0 Å². The number of guanidine groups is 1. The molecule has 7 heteroatoms. The molecule has 1 aromatic rings. The lowest BCUT2D eigenvalue weighted by atomic mass is 10.4. The van der Waals surface area contributed by atoms with Gasteiger partial charge in [-0.1, -0.05) is 6.92 Å². The van der Waals surface area contributed by atoms with Crippen LogP contribution in [0.2, 0.25) is 0 Å². The van der Waals surface area contributed by atoms with Gasteiger partial charge in [0.1, 0.15) is 0 Å². The molecule has 0 saturated carbocycles. The molecule has 0 aliphatic carbocycles. The highest BCUT2D eigenvalue weighted by Crippen LogP contribution is 1.97. The van der Waals surface area contributed by atoms with Crippen molar-refractivity contribution in [3.8, 4) is 0 Å². The predicted molar refractivity (Wildman–Crippen MR) is 94.6 cm³/mol. The van der Waals surface area contributed by atoms with Crippen molar-refractivity contribution in [3.05, 3.63) is 18.0 Å². The van der Waals surface area contributed by atoms with Crippen molar-refractivity contribution >= 4 is 29.9 Å². The summed E-state index contributed by atoms with van der Waals surface area (Å²) in [4.78, 5) is 6.82. The van der Waals surface area contributed by atoms with Gasteiger partial charge in [-0.15, -0.1) is 24.0 Å². The lowest BCUT2D eigenvalue weighted by Crippen LogP contribution is -2.41. The van der Waals surface area contributed by atoms with Gasteiger partial charge in [0.15, 0.2) is 5.96 Å². The Kier molecular flexibility index (Phi) is 10.4. The first-order chi connectivity index (χ1) is 9.17. The molecule has 0 unspecified atom stereocenters. The largest absolute Gasteiger partial charge is 0.357 e. The molecule has 0 radical (unpaired) electrons. The van der Waals surface area contributed by atoms with Gasteiger partial charge >= 0.3 is 0 Å². The molecule has 2 N–H and O–H groups in total. The Balaban J connectivity index is 0.00000361. The number of hydrogen-bond donors (Lipinski definition) is 2. The van der Waals surface area contributed by atoms with E-state index in [1.165, 1.54) is 0 Å². The van der Waals surface area contributed by atoms with E-state index in [1.54, 1.807) is 6.20 Å². The molecular weight excluding hydrogens is 367 g/mol. The highest BCUT2D eigenvalue weighted by Gasteiger charge is 2.00. The number of likely N-dealkylation sites (N-methyl/N-ethyl adjacent to an activating group) is 1. The van der Waals surface area contributed by atoms with E-state index in [0.717, 1.165) is 37.8 Å². The van der Waals surface area contributed by atoms with Gasteiger partial charge < -0.3 is 15.5 Å². The Bertz CT molecular complexity index is 390. The van der Waals surface area contributed by atoms with Crippen molar-refractivity contribution in [1.29, 1.82) is 0 Å². The zero-order valence-corrected chi connectivity index (χ0v) is 15.2. The quantitative estimate of drug-likeness (QED) is 0.412. The summed E-state index contributed by atoms with van der Waals surface area (Å²) in [6.07, 6.45) is 1.79. The molecule has 1 aromatic heterocycles. The Morgan fingerprint density at radius 3 is 2.70 bits per heavy atom. The number of hydrogen-bond acceptors (Lipinski definition) is 3. The molecule has 6 nitrogen and oxygen atoms in total. The van der Waals surface area contributed by atoms with E-state index in [1.807, 2.05) is 17.8 Å². The Hall–Kier alpha value is -0.830. The van der Waals surface area contributed by atoms with E-state index < -0.39 is 0 Å². The van der Waals surface area contributed by atoms with Crippen molar-refractivity contribution in [3.63, 3.8) is 0 Å². The van der Waals surface area contributed by atoms with E-state index in [-0.39, 0.29) is 24.0 Å². The maximum atomic E-state index is 4.55. The van der Waals surface area contributed by atoms with E-state index >= 15 is 0 Å². The SMILES string of the molecule is CCNC(=NCc1ccnn1C)NCCN(C)CC.I. The highest BCUT2D eigenvalue weighted by atomic mass is 127. The monoisotopic (exact) mass is 394 g/mol. The van der Waals surface area contributed by atoms with Crippen LogP contribution in [0.1, 0.15) is 19.5 Å². The molecule has 0 bridgehead atoms. The Morgan fingerprint density at radius 2 is 2.15 bits per heavy atom. The molecule has 0 amide bonds. The van der Waals surface area contributed by atoms with Crippen LogP contribution in [0.5, 0.6) is 0 Å². The van der Waals surface area contributed by atoms with E-state index in [0.29, 0.717) is 6.54 Å². The Labute approximate surface area is 139 Å². The highest BCUT2D eigenvalue weighted by molar-refractivity contribution is 14.0. The average Bonchev–Trinajstić information content (AvgIpc) is 2.81. The first-order valence-corrected chi connectivity index (χ1v) is 6.85. The molecule has 0 aliphatic rings. The average molecular weight is 394 g/mol. The molecule has 116 valence electrons. The summed E-state index contributed by atoms with van der Waals surface area (Å²) in [7, 11) is 4.04. The molecule has 1 rings (SSSR count). The van der Waals surface area contributed by atoms with E-state index in [2.05, 4.69) is 46.5 Å². The summed E-state index contributed by atoms with van der Waals surface area (Å²) in [5, 5.41) is 10.7. The van der Waals surface area contributed by atoms with Crippen LogP contribution in [0, 0.1) is 0 Å². The minimum absolute atomic E-state index is 0. The minimum Gasteiger partial charge on any atom is -0.357 e. The summed E-state index contributed by atoms with van der Waals surface area (Å²) in [6.45, 7) is 8.68. The molecule has 0 fully saturated rings. The van der Waals surface area contributed by atoms with Gasteiger partial charge in [0.25, 0.3) is 0 Å². The third-order valence-electron chi connectivity index (χ3n) is 2.99. The van der Waals surface area contributed by atoms with Crippen molar-refractivity contribution in [1.82, 2.24) is 25.3 Å². The number of aliphatic imine (C=N–C) groups is 1. The smallest absolute Gasteiger partial charge is 0.191 e. The number of aromatic nitrogens is 2. The lowest BCUT2D eigenvalue weighted by molar-refractivity contribution is 0.357. The maximum absolute atomic E-state index is 4.55. The second-order valence-electron chi connectivity index (χ2n) is 4.46. The van der Waals surface area contributed by atoms with E-state index in [4.69, 9.17) is 0 Å². The van der Waals surface area contributed by atoms with Gasteiger partial charge in [-0.2, -0.15) is 5.10 Å². The number of nitrogens with one attached hydrogen (secondary N) is 2. The van der Waals surface area contributed by atoms with Crippen LogP contribution in [-0.2, 0) is 13.6 Å². The number of aryl methyl sites for hydroxylation is 1. The number of halogens is 1. The first-order valence-electron chi connectivity index (χ1n) is 6.85. The van der Waals surface area contributed by atoms with Gasteiger partial charge in [-0.3, -0.25) is 4.68 Å². The van der Waals surface area contributed by atoms with Gasteiger partial charge in [0, 0.05) is 32.9 Å². The van der Waals surface area contributed by atoms with Gasteiger partial charge in [-0.25, -0.2) is 4.99 Å². The second-order valence-corrected chi connectivity index (χ2v) is 4.46. The van der Waals surface area contributed by atoms with Crippen LogP contribution < -0.4 is 10.6 Å². The van der Waals surface area contributed by atoms with Crippen molar-refractivity contribution in [2.75, 3.05) is 33.2 Å². The van der Waals surface area contributed by atoms with Crippen LogP contribution in [-0.4, -0.2) is 53.9 Å². The molecule has 1 heterocycles. The summed E-state index contributed by atoms with van der Waals surface area (Å²) in [5.41, 5.74) is 1.10. The summed E-state index contributed by atoms with van der Waals surface area (Å²) in [6, 6.07) is 1.98. The molecule has 0 aromatic carbocycles. The van der Waals surface area contributed by atoms with Crippen LogP contribution in [0.15, 0.2) is 17.3 Å². The van der Waals surface area contributed by atoms with Gasteiger partial charge in [-0.05, 0) is 26.6 Å². The topological polar surface area (TPSA) is 57.5 Å². The van der Waals surface area contributed by atoms with Crippen LogP contribution in [0.4, 0.5) is 0 Å². The lowest BCUT2D eigenvalue weighted by Gasteiger charge is -2.16. The predicted octanol–water partition coefficient (Wildman–Crippen LogP) is 1.04. The zero-order chi connectivity index (χ0) is 14.1. The minimum atomic E-state index is 0. The third kappa shape index (κ3) is 7.09. The number of nitrogens with zero attached hydrogens (tertiary/aromatic N) is 4. The zero-order valence-electron chi connectivity index (χ0n) is 12.9. The van der Waals surface area contributed by atoms with Crippen LogP contribution in [0.3, 0.4) is 0 Å². The summed E-state index contributed by atoms with van der Waals surface area (Å²) >= 11 is 0. The van der Waals surface area contributed by atoms with Gasteiger partial charge in [0.05, 0.1) is 12.2 Å². The first kappa shape index (κ1) is 19.2. The number of rotatable bonds is 7. The molecule has 0 aliphatic heterocycles. The van der Waals surface area contributed by atoms with Crippen LogP contribution >= 0.6 is 24.0 Å². The molecule has 0 saturated heterocycles. The third-order valence-corrected chi connectivity index (χ3v) is 2.99. The fourth-order valence-corrected chi connectivity index (χ4v) is 1.58. The second kappa shape index (κ2) is 10.9. The van der Waals surface area contributed by atoms with Gasteiger partial charge in [0.2, 0.25) is 0 Å².